The zero-order valence-electron chi connectivity index (χ0n) is 21.1. The Morgan fingerprint density at radius 2 is 1.81 bits per heavy atom. The summed E-state index contributed by atoms with van der Waals surface area (Å²) in [7, 11) is 0. The second-order valence-electron chi connectivity index (χ2n) is 10.4. The van der Waals surface area contributed by atoms with Gasteiger partial charge in [0.25, 0.3) is 11.8 Å². The maximum atomic E-state index is 14.3. The first-order valence-corrected chi connectivity index (χ1v) is 12.7. The van der Waals surface area contributed by atoms with Crippen LogP contribution in [0.15, 0.2) is 18.2 Å². The second kappa shape index (κ2) is 9.66. The number of halogens is 3. The first-order valence-electron chi connectivity index (χ1n) is 12.7. The van der Waals surface area contributed by atoms with E-state index < -0.39 is 36.9 Å². The number of benzene rings is 1. The molecule has 1 N–H and O–H groups in total. The van der Waals surface area contributed by atoms with Gasteiger partial charge in [-0.2, -0.15) is 5.10 Å². The average molecular weight is 520 g/mol. The molecule has 11 heteroatoms. The van der Waals surface area contributed by atoms with Gasteiger partial charge in [0.1, 0.15) is 12.7 Å². The fourth-order valence-electron chi connectivity index (χ4n) is 5.52. The normalized spacial score (nSPS) is 23.4. The van der Waals surface area contributed by atoms with Crippen molar-refractivity contribution in [2.75, 3.05) is 44.2 Å². The van der Waals surface area contributed by atoms with Gasteiger partial charge in [0.2, 0.25) is 5.91 Å². The number of aliphatic hydroxyl groups is 1. The predicted octanol–water partition coefficient (Wildman–Crippen LogP) is 2.13. The molecule has 37 heavy (non-hydrogen) atoms. The lowest BCUT2D eigenvalue weighted by Crippen LogP contribution is -2.50. The number of aryl methyl sites for hydroxylation is 1. The van der Waals surface area contributed by atoms with Crippen LogP contribution in [0.25, 0.3) is 0 Å². The van der Waals surface area contributed by atoms with Crippen molar-refractivity contribution in [2.45, 2.75) is 57.9 Å². The van der Waals surface area contributed by atoms with Gasteiger partial charge in [-0.25, -0.2) is 13.2 Å². The van der Waals surface area contributed by atoms with Crippen molar-refractivity contribution < 1.29 is 27.9 Å². The van der Waals surface area contributed by atoms with Crippen LogP contribution in [0, 0.1) is 13.8 Å². The molecule has 0 radical (unpaired) electrons. The highest BCUT2D eigenvalue weighted by Crippen LogP contribution is 2.37. The van der Waals surface area contributed by atoms with Gasteiger partial charge in [0, 0.05) is 56.1 Å². The number of carbonyl (C=O) groups excluding carboxylic acids is 2. The van der Waals surface area contributed by atoms with Crippen LogP contribution in [0.1, 0.15) is 39.3 Å². The third-order valence-electron chi connectivity index (χ3n) is 7.86. The Hall–Kier alpha value is -3.08. The highest BCUT2D eigenvalue weighted by atomic mass is 19.3. The zero-order valence-corrected chi connectivity index (χ0v) is 21.1. The summed E-state index contributed by atoms with van der Waals surface area (Å²) < 4.78 is 43.9. The molecule has 2 saturated heterocycles. The molecule has 2 amide bonds. The molecule has 1 aromatic heterocycles. The van der Waals surface area contributed by atoms with Crippen LogP contribution in [0.3, 0.4) is 0 Å². The Kier molecular flexibility index (Phi) is 6.68. The molecule has 3 aliphatic rings. The molecular formula is C26H32F3N5O3. The Morgan fingerprint density at radius 3 is 2.51 bits per heavy atom. The van der Waals surface area contributed by atoms with E-state index in [4.69, 9.17) is 0 Å². The lowest BCUT2D eigenvalue weighted by atomic mass is 10.0. The van der Waals surface area contributed by atoms with Crippen molar-refractivity contribution in [3.05, 3.63) is 46.3 Å². The van der Waals surface area contributed by atoms with E-state index in [1.54, 1.807) is 4.90 Å². The molecule has 2 aromatic rings. The second-order valence-corrected chi connectivity index (χ2v) is 10.4. The van der Waals surface area contributed by atoms with E-state index in [-0.39, 0.29) is 48.9 Å². The molecule has 2 fully saturated rings. The van der Waals surface area contributed by atoms with E-state index in [2.05, 4.69) is 36.0 Å². The largest absolute Gasteiger partial charge is 0.390 e. The number of amides is 2. The first-order chi connectivity index (χ1) is 17.5. The van der Waals surface area contributed by atoms with Gasteiger partial charge < -0.3 is 19.8 Å². The van der Waals surface area contributed by atoms with Crippen molar-refractivity contribution in [1.29, 1.82) is 0 Å². The number of hydrogen-bond donors (Lipinski definition) is 1. The van der Waals surface area contributed by atoms with E-state index in [0.717, 1.165) is 5.69 Å². The maximum absolute atomic E-state index is 14.3. The molecule has 0 unspecified atom stereocenters. The van der Waals surface area contributed by atoms with Gasteiger partial charge in [-0.3, -0.25) is 14.3 Å². The Balaban J connectivity index is 1.29. The Bertz CT molecular complexity index is 1210. The number of piperazine rings is 1. The number of rotatable bonds is 4. The minimum atomic E-state index is -3.04. The fourth-order valence-corrected chi connectivity index (χ4v) is 5.52. The molecule has 2 atom stereocenters. The fraction of sp³-hybridized carbons (Fsp3) is 0.577. The van der Waals surface area contributed by atoms with Crippen LogP contribution in [-0.4, -0.2) is 94.0 Å². The number of anilines is 1. The van der Waals surface area contributed by atoms with E-state index in [9.17, 15) is 27.9 Å². The average Bonchev–Trinajstić information content (AvgIpc) is 3.35. The van der Waals surface area contributed by atoms with Crippen molar-refractivity contribution in [3.63, 3.8) is 0 Å². The molecule has 5 rings (SSSR count). The van der Waals surface area contributed by atoms with Crippen molar-refractivity contribution >= 4 is 17.5 Å². The number of carbonyl (C=O) groups is 2. The van der Waals surface area contributed by atoms with E-state index in [1.807, 2.05) is 6.07 Å². The number of likely N-dealkylation sites (tertiary alicyclic amines) is 1. The summed E-state index contributed by atoms with van der Waals surface area (Å²) in [5.74, 6) is -3.92. The molecule has 3 heterocycles. The molecule has 8 nitrogen and oxygen atoms in total. The van der Waals surface area contributed by atoms with Gasteiger partial charge in [-0.15, -0.1) is 0 Å². The SMILES string of the molecule is Cc1cccc(N2CCN(C(=O)Cn3nc(C(=O)N4CC[C@H](O)[C@@H](F)C4)c4c3CC(F)(F)C4)CC2)c1C. The number of aliphatic hydroxyl groups excluding tert-OH is 1. The highest BCUT2D eigenvalue weighted by molar-refractivity contribution is 5.94. The molecule has 0 bridgehead atoms. The van der Waals surface area contributed by atoms with Crippen LogP contribution >= 0.6 is 0 Å². The van der Waals surface area contributed by atoms with Crippen LogP contribution in [0.5, 0.6) is 0 Å². The number of hydrogen-bond acceptors (Lipinski definition) is 5. The number of nitrogens with zero attached hydrogens (tertiary/aromatic N) is 5. The van der Waals surface area contributed by atoms with Gasteiger partial charge in [0.05, 0.1) is 19.1 Å². The summed E-state index contributed by atoms with van der Waals surface area (Å²) in [5, 5.41) is 13.9. The predicted molar refractivity (Wildman–Crippen MR) is 131 cm³/mol. The minimum absolute atomic E-state index is 0.0680. The summed E-state index contributed by atoms with van der Waals surface area (Å²) in [6, 6.07) is 6.15. The number of aromatic nitrogens is 2. The van der Waals surface area contributed by atoms with Crippen LogP contribution in [0.2, 0.25) is 0 Å². The number of alkyl halides is 3. The van der Waals surface area contributed by atoms with Gasteiger partial charge in [0.15, 0.2) is 5.69 Å². The third-order valence-corrected chi connectivity index (χ3v) is 7.86. The standard InChI is InChI=1S/C26H32F3N5O3/c1-16-4-3-5-20(17(16)2)31-8-10-32(11-9-31)23(36)15-34-21-13-26(28,29)12-18(21)24(30-34)25(37)33-7-6-22(35)19(27)14-33/h3-5,19,22,35H,6-15H2,1-2H3/t19-,22-/m0/s1. The smallest absolute Gasteiger partial charge is 0.274 e. The molecular weight excluding hydrogens is 487 g/mol. The minimum Gasteiger partial charge on any atom is -0.390 e. The van der Waals surface area contributed by atoms with Crippen LogP contribution in [0.4, 0.5) is 18.9 Å². The molecule has 0 saturated carbocycles. The van der Waals surface area contributed by atoms with E-state index >= 15 is 0 Å². The lowest BCUT2D eigenvalue weighted by molar-refractivity contribution is -0.132. The van der Waals surface area contributed by atoms with Gasteiger partial charge in [-0.05, 0) is 37.5 Å². The molecule has 0 spiro atoms. The summed E-state index contributed by atoms with van der Waals surface area (Å²) in [5.41, 5.74) is 3.71. The van der Waals surface area contributed by atoms with E-state index in [1.165, 1.54) is 20.7 Å². The number of piperidine rings is 1. The lowest BCUT2D eigenvalue weighted by Gasteiger charge is -2.37. The van der Waals surface area contributed by atoms with E-state index in [0.29, 0.717) is 26.2 Å². The molecule has 1 aliphatic carbocycles. The number of fused-ring (bicyclic) bond motifs is 1. The first kappa shape index (κ1) is 25.6. The van der Waals surface area contributed by atoms with Gasteiger partial charge in [-0.1, -0.05) is 12.1 Å². The summed E-state index contributed by atoms with van der Waals surface area (Å²) in [6.45, 7) is 5.99. The summed E-state index contributed by atoms with van der Waals surface area (Å²) >= 11 is 0. The molecule has 200 valence electrons. The topological polar surface area (TPSA) is 81.9 Å². The third kappa shape index (κ3) is 4.93. The van der Waals surface area contributed by atoms with Crippen molar-refractivity contribution in [1.82, 2.24) is 19.6 Å². The quantitative estimate of drug-likeness (QED) is 0.670. The summed E-state index contributed by atoms with van der Waals surface area (Å²) in [6.07, 6.45) is -3.91. The molecule has 1 aromatic carbocycles. The van der Waals surface area contributed by atoms with Crippen LogP contribution in [-0.2, 0) is 24.2 Å². The monoisotopic (exact) mass is 519 g/mol. The summed E-state index contributed by atoms with van der Waals surface area (Å²) in [4.78, 5) is 31.4. The van der Waals surface area contributed by atoms with Crippen molar-refractivity contribution in [3.8, 4) is 0 Å². The molecule has 2 aliphatic heterocycles. The van der Waals surface area contributed by atoms with Crippen LogP contribution < -0.4 is 4.90 Å². The zero-order chi connectivity index (χ0) is 26.5. The maximum Gasteiger partial charge on any atom is 0.274 e. The Morgan fingerprint density at radius 1 is 1.08 bits per heavy atom. The van der Waals surface area contributed by atoms with Gasteiger partial charge >= 0.3 is 0 Å². The highest BCUT2D eigenvalue weighted by Gasteiger charge is 2.44. The van der Waals surface area contributed by atoms with Crippen molar-refractivity contribution in [2.24, 2.45) is 0 Å². The Labute approximate surface area is 213 Å².